The predicted molar refractivity (Wildman–Crippen MR) is 50.6 cm³/mol. The maximum absolute atomic E-state index is 5.59. The van der Waals surface area contributed by atoms with E-state index in [0.29, 0.717) is 6.04 Å². The third-order valence-corrected chi connectivity index (χ3v) is 2.34. The monoisotopic (exact) mass is 162 g/mol. The molecular formula is C9H13BNO-. The molecule has 1 fully saturated rings. The summed E-state index contributed by atoms with van der Waals surface area (Å²) in [6.07, 6.45) is 1.14. The van der Waals surface area contributed by atoms with Crippen molar-refractivity contribution in [1.29, 1.82) is 0 Å². The summed E-state index contributed by atoms with van der Waals surface area (Å²) in [5.74, 6) is 0. The van der Waals surface area contributed by atoms with Gasteiger partial charge in [0.25, 0.3) is 0 Å². The van der Waals surface area contributed by atoms with Crippen molar-refractivity contribution in [2.45, 2.75) is 19.4 Å². The van der Waals surface area contributed by atoms with Crippen molar-refractivity contribution in [1.82, 2.24) is 5.23 Å². The first-order valence-corrected chi connectivity index (χ1v) is 4.49. The van der Waals surface area contributed by atoms with Crippen LogP contribution >= 0.6 is 0 Å². The van der Waals surface area contributed by atoms with Gasteiger partial charge in [-0.1, -0.05) is 6.92 Å². The maximum Gasteiger partial charge on any atom is 0.330 e. The fraction of sp³-hybridized carbons (Fsp3) is 0.444. The van der Waals surface area contributed by atoms with E-state index >= 15 is 0 Å². The van der Waals surface area contributed by atoms with Gasteiger partial charge in [0.2, 0.25) is 0 Å². The van der Waals surface area contributed by atoms with Crippen LogP contribution in [0.1, 0.15) is 13.3 Å². The Bertz CT molecular complexity index is 235. The van der Waals surface area contributed by atoms with E-state index in [0.717, 1.165) is 13.0 Å². The summed E-state index contributed by atoms with van der Waals surface area (Å²) in [6.45, 7) is 3.01. The Kier molecular flexibility index (Phi) is 2.24. The molecule has 0 saturated carbocycles. The average Bonchev–Trinajstić information content (AvgIpc) is 2.75. The number of rotatable bonds is 2. The van der Waals surface area contributed by atoms with Crippen LogP contribution in [0.25, 0.3) is 0 Å². The Hall–Kier alpha value is -0.665. The summed E-state index contributed by atoms with van der Waals surface area (Å²) >= 11 is 0. The standard InChI is InChI=1S/C9H13BNO/c1-2-9-7-12-10(11-9)8-5-3-4-6-8/h3-6,9,11H,2,7H2,1H3/q-1. The van der Waals surface area contributed by atoms with Crippen LogP contribution in [0.2, 0.25) is 0 Å². The van der Waals surface area contributed by atoms with Gasteiger partial charge in [-0.05, 0) is 6.42 Å². The van der Waals surface area contributed by atoms with Crippen LogP contribution in [-0.4, -0.2) is 19.7 Å². The molecule has 0 bridgehead atoms. The van der Waals surface area contributed by atoms with Crippen LogP contribution in [0, 0.1) is 0 Å². The molecule has 0 aromatic heterocycles. The smallest absolute Gasteiger partial charge is 0.330 e. The van der Waals surface area contributed by atoms with Gasteiger partial charge in [0, 0.05) is 12.6 Å². The molecule has 0 radical (unpaired) electrons. The first-order valence-electron chi connectivity index (χ1n) is 4.49. The molecule has 0 amide bonds. The molecule has 0 spiro atoms. The molecule has 64 valence electrons. The molecule has 0 aliphatic carbocycles. The zero-order valence-corrected chi connectivity index (χ0v) is 7.29. The predicted octanol–water partition coefficient (Wildman–Crippen LogP) is 0.499. The molecule has 12 heavy (non-hydrogen) atoms. The second-order valence-electron chi connectivity index (χ2n) is 3.20. The van der Waals surface area contributed by atoms with Crippen molar-refractivity contribution in [3.63, 3.8) is 0 Å². The summed E-state index contributed by atoms with van der Waals surface area (Å²) in [5.41, 5.74) is 1.24. The molecule has 1 unspecified atom stereocenters. The summed E-state index contributed by atoms with van der Waals surface area (Å²) < 4.78 is 5.59. The largest absolute Gasteiger partial charge is 0.427 e. The Morgan fingerprint density at radius 1 is 1.83 bits per heavy atom. The van der Waals surface area contributed by atoms with E-state index in [1.54, 1.807) is 0 Å². The van der Waals surface area contributed by atoms with Crippen LogP contribution in [0.3, 0.4) is 0 Å². The van der Waals surface area contributed by atoms with Crippen molar-refractivity contribution in [2.75, 3.05) is 6.61 Å². The highest BCUT2D eigenvalue weighted by Crippen LogP contribution is 2.03. The molecule has 2 rings (SSSR count). The minimum atomic E-state index is 0.130. The minimum Gasteiger partial charge on any atom is -0.427 e. The summed E-state index contributed by atoms with van der Waals surface area (Å²) in [7, 11) is 0.130. The third-order valence-electron chi connectivity index (χ3n) is 2.34. The number of nitrogens with one attached hydrogen (secondary N) is 1. The second-order valence-corrected chi connectivity index (χ2v) is 3.20. The van der Waals surface area contributed by atoms with Crippen molar-refractivity contribution in [3.8, 4) is 0 Å². The van der Waals surface area contributed by atoms with Crippen LogP contribution in [0.15, 0.2) is 24.3 Å². The highest BCUT2D eigenvalue weighted by molar-refractivity contribution is 6.65. The molecule has 1 aliphatic heterocycles. The Labute approximate surface area is 73.4 Å². The summed E-state index contributed by atoms with van der Waals surface area (Å²) in [5, 5.41) is 3.42. The Morgan fingerprint density at radius 3 is 3.33 bits per heavy atom. The lowest BCUT2D eigenvalue weighted by molar-refractivity contribution is 0.340. The number of hydrogen-bond acceptors (Lipinski definition) is 2. The van der Waals surface area contributed by atoms with Gasteiger partial charge >= 0.3 is 7.05 Å². The highest BCUT2D eigenvalue weighted by atomic mass is 16.5. The summed E-state index contributed by atoms with van der Waals surface area (Å²) in [6, 6.07) is 8.80. The maximum atomic E-state index is 5.59. The van der Waals surface area contributed by atoms with Crippen molar-refractivity contribution in [2.24, 2.45) is 0 Å². The van der Waals surface area contributed by atoms with Crippen molar-refractivity contribution in [3.05, 3.63) is 24.3 Å². The zero-order chi connectivity index (χ0) is 8.39. The van der Waals surface area contributed by atoms with Crippen molar-refractivity contribution >= 4 is 12.5 Å². The van der Waals surface area contributed by atoms with E-state index in [2.05, 4.69) is 24.3 Å². The third kappa shape index (κ3) is 1.42. The minimum absolute atomic E-state index is 0.130. The van der Waals surface area contributed by atoms with Crippen LogP contribution in [0.4, 0.5) is 0 Å². The van der Waals surface area contributed by atoms with E-state index in [4.69, 9.17) is 4.65 Å². The SMILES string of the molecule is CCC1COB(c2cc[cH-]c2)N1. The lowest BCUT2D eigenvalue weighted by Gasteiger charge is -2.09. The average molecular weight is 162 g/mol. The topological polar surface area (TPSA) is 21.3 Å². The van der Waals surface area contributed by atoms with E-state index in [1.807, 2.05) is 12.1 Å². The van der Waals surface area contributed by atoms with Gasteiger partial charge in [-0.3, -0.25) is 0 Å². The van der Waals surface area contributed by atoms with Crippen LogP contribution < -0.4 is 10.7 Å². The first-order chi connectivity index (χ1) is 5.90. The van der Waals surface area contributed by atoms with Crippen LogP contribution in [-0.2, 0) is 4.65 Å². The van der Waals surface area contributed by atoms with Gasteiger partial charge in [0.05, 0.1) is 0 Å². The second kappa shape index (κ2) is 3.38. The Balaban J connectivity index is 2.00. The molecule has 3 heteroatoms. The summed E-state index contributed by atoms with van der Waals surface area (Å²) in [4.78, 5) is 0. The molecule has 1 aromatic rings. The molecule has 2 nitrogen and oxygen atoms in total. The normalized spacial score (nSPS) is 23.4. The van der Waals surface area contributed by atoms with Gasteiger partial charge in [-0.15, -0.1) is 0 Å². The van der Waals surface area contributed by atoms with E-state index in [9.17, 15) is 0 Å². The molecule has 1 aliphatic rings. The highest BCUT2D eigenvalue weighted by Gasteiger charge is 2.24. The lowest BCUT2D eigenvalue weighted by atomic mass is 9.76. The van der Waals surface area contributed by atoms with E-state index < -0.39 is 0 Å². The molecular weight excluding hydrogens is 149 g/mol. The fourth-order valence-corrected chi connectivity index (χ4v) is 1.51. The van der Waals surface area contributed by atoms with Gasteiger partial charge in [-0.25, -0.2) is 6.07 Å². The van der Waals surface area contributed by atoms with Gasteiger partial charge in [0.1, 0.15) is 0 Å². The van der Waals surface area contributed by atoms with Gasteiger partial charge in [-0.2, -0.15) is 23.7 Å². The Morgan fingerprint density at radius 2 is 2.75 bits per heavy atom. The lowest BCUT2D eigenvalue weighted by Crippen LogP contribution is -2.43. The van der Waals surface area contributed by atoms with Gasteiger partial charge < -0.3 is 9.88 Å². The number of hydrogen-bond donors (Lipinski definition) is 1. The molecule has 1 heterocycles. The molecule has 1 saturated heterocycles. The van der Waals surface area contributed by atoms with E-state index in [-0.39, 0.29) is 7.05 Å². The molecule has 1 N–H and O–H groups in total. The molecule has 1 atom stereocenters. The van der Waals surface area contributed by atoms with Crippen LogP contribution in [0.5, 0.6) is 0 Å². The quantitative estimate of drug-likeness (QED) is 0.505. The fourth-order valence-electron chi connectivity index (χ4n) is 1.51. The zero-order valence-electron chi connectivity index (χ0n) is 7.29. The molecule has 1 aromatic carbocycles. The van der Waals surface area contributed by atoms with Gasteiger partial charge in [0.15, 0.2) is 0 Å². The first kappa shape index (κ1) is 7.96. The van der Waals surface area contributed by atoms with Crippen molar-refractivity contribution < 1.29 is 4.65 Å². The van der Waals surface area contributed by atoms with E-state index in [1.165, 1.54) is 5.46 Å².